The molecule has 23 heavy (non-hydrogen) atoms. The number of benzene rings is 1. The number of likely N-dealkylation sites (N-methyl/N-ethyl adjacent to an activating group) is 1. The van der Waals surface area contributed by atoms with Crippen molar-refractivity contribution in [1.29, 1.82) is 0 Å². The lowest BCUT2D eigenvalue weighted by molar-refractivity contribution is -0.117. The molecule has 0 radical (unpaired) electrons. The van der Waals surface area contributed by atoms with E-state index in [4.69, 9.17) is 0 Å². The van der Waals surface area contributed by atoms with Crippen LogP contribution in [0.15, 0.2) is 47.8 Å². The van der Waals surface area contributed by atoms with E-state index >= 15 is 0 Å². The molecule has 0 bridgehead atoms. The molecule has 1 aromatic heterocycles. The van der Waals surface area contributed by atoms with Gasteiger partial charge in [0.05, 0.1) is 0 Å². The van der Waals surface area contributed by atoms with Gasteiger partial charge in [-0.25, -0.2) is 4.79 Å². The predicted molar refractivity (Wildman–Crippen MR) is 93.7 cm³/mol. The van der Waals surface area contributed by atoms with Crippen molar-refractivity contribution in [1.82, 2.24) is 10.2 Å². The van der Waals surface area contributed by atoms with Gasteiger partial charge in [-0.1, -0.05) is 24.3 Å². The summed E-state index contributed by atoms with van der Waals surface area (Å²) in [5.41, 5.74) is 0.713. The number of nitrogens with one attached hydrogen (secondary N) is 2. The number of carbonyl (C=O) groups is 2. The van der Waals surface area contributed by atoms with Gasteiger partial charge in [0.1, 0.15) is 6.04 Å². The highest BCUT2D eigenvalue weighted by atomic mass is 32.1. The maximum absolute atomic E-state index is 12.1. The molecule has 2 aromatic rings. The van der Waals surface area contributed by atoms with Gasteiger partial charge in [0.2, 0.25) is 5.91 Å². The molecule has 0 aliphatic rings. The monoisotopic (exact) mass is 331 g/mol. The number of carbonyl (C=O) groups excluding carboxylic acids is 2. The topological polar surface area (TPSA) is 61.4 Å². The number of hydrogen-bond acceptors (Lipinski definition) is 3. The van der Waals surface area contributed by atoms with Gasteiger partial charge in [0.25, 0.3) is 0 Å². The second-order valence-corrected chi connectivity index (χ2v) is 6.31. The summed E-state index contributed by atoms with van der Waals surface area (Å²) in [4.78, 5) is 27.0. The van der Waals surface area contributed by atoms with Crippen molar-refractivity contribution in [3.8, 4) is 0 Å². The van der Waals surface area contributed by atoms with E-state index in [1.165, 1.54) is 4.88 Å². The predicted octanol–water partition coefficient (Wildman–Crippen LogP) is 2.96. The lowest BCUT2D eigenvalue weighted by Gasteiger charge is -2.21. The molecule has 0 spiro atoms. The number of para-hydroxylation sites is 1. The molecule has 1 heterocycles. The molecule has 0 fully saturated rings. The first-order chi connectivity index (χ1) is 11.1. The van der Waals surface area contributed by atoms with Crippen molar-refractivity contribution in [3.05, 3.63) is 52.7 Å². The Balaban J connectivity index is 1.77. The molecule has 2 rings (SSSR count). The summed E-state index contributed by atoms with van der Waals surface area (Å²) in [5.74, 6) is -0.240. The van der Waals surface area contributed by atoms with Gasteiger partial charge >= 0.3 is 6.03 Å². The lowest BCUT2D eigenvalue weighted by atomic mass is 10.2. The number of nitrogens with zero attached hydrogens (tertiary/aromatic N) is 1. The van der Waals surface area contributed by atoms with E-state index in [2.05, 4.69) is 10.6 Å². The van der Waals surface area contributed by atoms with Crippen LogP contribution in [-0.4, -0.2) is 36.5 Å². The third-order valence-electron chi connectivity index (χ3n) is 3.40. The number of amides is 3. The zero-order valence-corrected chi connectivity index (χ0v) is 14.1. The first kappa shape index (κ1) is 17.0. The SMILES string of the molecule is C[C@H](NC(=O)N(C)CCc1cccs1)C(=O)Nc1ccccc1. The Bertz CT molecular complexity index is 629. The third kappa shape index (κ3) is 5.41. The molecular weight excluding hydrogens is 310 g/mol. The Labute approximate surface area is 140 Å². The van der Waals surface area contributed by atoms with E-state index < -0.39 is 6.04 Å². The van der Waals surface area contributed by atoms with Crippen molar-refractivity contribution >= 4 is 29.0 Å². The summed E-state index contributed by atoms with van der Waals surface area (Å²) in [6, 6.07) is 12.4. The highest BCUT2D eigenvalue weighted by Crippen LogP contribution is 2.09. The zero-order chi connectivity index (χ0) is 16.7. The summed E-state index contributed by atoms with van der Waals surface area (Å²) < 4.78 is 0. The molecule has 1 aromatic carbocycles. The van der Waals surface area contributed by atoms with Gasteiger partial charge in [-0.05, 0) is 36.9 Å². The largest absolute Gasteiger partial charge is 0.328 e. The van der Waals surface area contributed by atoms with Crippen LogP contribution in [0.2, 0.25) is 0 Å². The average Bonchev–Trinajstić information content (AvgIpc) is 3.06. The van der Waals surface area contributed by atoms with Crippen molar-refractivity contribution < 1.29 is 9.59 Å². The summed E-state index contributed by atoms with van der Waals surface area (Å²) in [6.45, 7) is 2.28. The Morgan fingerprint density at radius 1 is 1.17 bits per heavy atom. The Morgan fingerprint density at radius 2 is 1.91 bits per heavy atom. The highest BCUT2D eigenvalue weighted by molar-refractivity contribution is 7.09. The Hall–Kier alpha value is -2.34. The minimum absolute atomic E-state index is 0.240. The van der Waals surface area contributed by atoms with Gasteiger partial charge in [-0.2, -0.15) is 0 Å². The molecule has 5 nitrogen and oxygen atoms in total. The van der Waals surface area contributed by atoms with Crippen LogP contribution in [0.5, 0.6) is 0 Å². The third-order valence-corrected chi connectivity index (χ3v) is 4.33. The molecule has 0 saturated heterocycles. The van der Waals surface area contributed by atoms with Crippen molar-refractivity contribution in [3.63, 3.8) is 0 Å². The number of thiophene rings is 1. The fraction of sp³-hybridized carbons (Fsp3) is 0.294. The minimum atomic E-state index is -0.605. The van der Waals surface area contributed by atoms with E-state index in [0.717, 1.165) is 6.42 Å². The van der Waals surface area contributed by atoms with Crippen LogP contribution < -0.4 is 10.6 Å². The lowest BCUT2D eigenvalue weighted by Crippen LogP contribution is -2.47. The van der Waals surface area contributed by atoms with E-state index in [1.807, 2.05) is 35.7 Å². The van der Waals surface area contributed by atoms with E-state index in [9.17, 15) is 9.59 Å². The molecule has 0 saturated carbocycles. The molecule has 122 valence electrons. The van der Waals surface area contributed by atoms with Crippen LogP contribution in [0, 0.1) is 0 Å². The van der Waals surface area contributed by atoms with Crippen molar-refractivity contribution in [2.75, 3.05) is 18.9 Å². The summed E-state index contributed by atoms with van der Waals surface area (Å²) in [5, 5.41) is 7.50. The van der Waals surface area contributed by atoms with E-state index in [-0.39, 0.29) is 11.9 Å². The van der Waals surface area contributed by atoms with Gasteiger partial charge in [0.15, 0.2) is 0 Å². The molecule has 1 atom stereocenters. The molecule has 3 amide bonds. The summed E-state index contributed by atoms with van der Waals surface area (Å²) in [6.07, 6.45) is 0.812. The van der Waals surface area contributed by atoms with Gasteiger partial charge in [-0.3, -0.25) is 4.79 Å². The molecular formula is C17H21N3O2S. The minimum Gasteiger partial charge on any atom is -0.328 e. The van der Waals surface area contributed by atoms with Crippen LogP contribution in [0.25, 0.3) is 0 Å². The number of urea groups is 1. The van der Waals surface area contributed by atoms with Crippen LogP contribution in [0.4, 0.5) is 10.5 Å². The normalized spacial score (nSPS) is 11.6. The van der Waals surface area contributed by atoms with E-state index in [1.54, 1.807) is 42.3 Å². The van der Waals surface area contributed by atoms with Crippen LogP contribution >= 0.6 is 11.3 Å². The van der Waals surface area contributed by atoms with Crippen LogP contribution in [0.1, 0.15) is 11.8 Å². The molecule has 0 unspecified atom stereocenters. The summed E-state index contributed by atoms with van der Waals surface area (Å²) in [7, 11) is 1.73. The van der Waals surface area contributed by atoms with Crippen molar-refractivity contribution in [2.24, 2.45) is 0 Å². The van der Waals surface area contributed by atoms with Crippen LogP contribution in [-0.2, 0) is 11.2 Å². The standard InChI is InChI=1S/C17H21N3O2S/c1-13(16(21)19-14-7-4-3-5-8-14)18-17(22)20(2)11-10-15-9-6-12-23-15/h3-9,12-13H,10-11H2,1-2H3,(H,18,22)(H,19,21)/t13-/m0/s1. The fourth-order valence-corrected chi connectivity index (χ4v) is 2.67. The molecule has 6 heteroatoms. The molecule has 0 aliphatic heterocycles. The highest BCUT2D eigenvalue weighted by Gasteiger charge is 2.18. The fourth-order valence-electron chi connectivity index (χ4n) is 1.97. The average molecular weight is 331 g/mol. The number of anilines is 1. The second kappa shape index (κ2) is 8.33. The molecule has 2 N–H and O–H groups in total. The molecule has 0 aliphatic carbocycles. The maximum atomic E-state index is 12.1. The van der Waals surface area contributed by atoms with Crippen molar-refractivity contribution in [2.45, 2.75) is 19.4 Å². The first-order valence-electron chi connectivity index (χ1n) is 7.46. The second-order valence-electron chi connectivity index (χ2n) is 5.28. The quantitative estimate of drug-likeness (QED) is 0.855. The smallest absolute Gasteiger partial charge is 0.317 e. The zero-order valence-electron chi connectivity index (χ0n) is 13.3. The van der Waals surface area contributed by atoms with E-state index in [0.29, 0.717) is 12.2 Å². The maximum Gasteiger partial charge on any atom is 0.317 e. The van der Waals surface area contributed by atoms with Gasteiger partial charge in [0, 0.05) is 24.2 Å². The van der Waals surface area contributed by atoms with Gasteiger partial charge in [-0.15, -0.1) is 11.3 Å². The van der Waals surface area contributed by atoms with Gasteiger partial charge < -0.3 is 15.5 Å². The Morgan fingerprint density at radius 3 is 2.57 bits per heavy atom. The number of rotatable bonds is 6. The van der Waals surface area contributed by atoms with Crippen LogP contribution in [0.3, 0.4) is 0 Å². The first-order valence-corrected chi connectivity index (χ1v) is 8.34. The Kier molecular flexibility index (Phi) is 6.17. The summed E-state index contributed by atoms with van der Waals surface area (Å²) >= 11 is 1.67. The number of hydrogen-bond donors (Lipinski definition) is 2.